The number of aromatic hydroxyl groups is 1. The Morgan fingerprint density at radius 3 is 2.76 bits per heavy atom. The van der Waals surface area contributed by atoms with E-state index in [1.165, 1.54) is 0 Å². The van der Waals surface area contributed by atoms with Crippen LogP contribution in [0.2, 0.25) is 0 Å². The molecule has 2 fully saturated rings. The van der Waals surface area contributed by atoms with Gasteiger partial charge in [-0.25, -0.2) is 0 Å². The quantitative estimate of drug-likeness (QED) is 0.724. The lowest BCUT2D eigenvalue weighted by atomic mass is 10.0. The second-order valence-corrected chi connectivity index (χ2v) is 6.98. The predicted molar refractivity (Wildman–Crippen MR) is 77.2 cm³/mol. The number of nitrogens with one attached hydrogen (secondary N) is 2. The standard InChI is InChI=1S/C13H17N3O4S/c17-12-8-9(7-10-2-4-13(18)15-10)1-3-11(12)16-6-5-14-21(16,19)20/h1,3,8,10,14,17H,2,4-7H2,(H,15,18)/t10-/m0/s1. The third kappa shape index (κ3) is 2.81. The van der Waals surface area contributed by atoms with Crippen molar-refractivity contribution in [2.45, 2.75) is 25.3 Å². The van der Waals surface area contributed by atoms with Crippen LogP contribution in [0, 0.1) is 0 Å². The first-order valence-corrected chi connectivity index (χ1v) is 8.28. The molecule has 2 aliphatic rings. The maximum absolute atomic E-state index is 11.8. The topological polar surface area (TPSA) is 98.7 Å². The molecule has 2 aliphatic heterocycles. The molecule has 1 atom stereocenters. The van der Waals surface area contributed by atoms with Gasteiger partial charge in [-0.05, 0) is 30.5 Å². The average molecular weight is 311 g/mol. The Balaban J connectivity index is 1.78. The van der Waals surface area contributed by atoms with E-state index >= 15 is 0 Å². The summed E-state index contributed by atoms with van der Waals surface area (Å²) in [5, 5.41) is 13.0. The molecule has 1 amide bonds. The van der Waals surface area contributed by atoms with Gasteiger partial charge >= 0.3 is 10.2 Å². The summed E-state index contributed by atoms with van der Waals surface area (Å²) >= 11 is 0. The third-order valence-corrected chi connectivity index (χ3v) is 5.29. The molecule has 8 heteroatoms. The van der Waals surface area contributed by atoms with Crippen LogP contribution in [0.5, 0.6) is 5.75 Å². The Hall–Kier alpha value is -1.80. The first-order valence-electron chi connectivity index (χ1n) is 6.84. The summed E-state index contributed by atoms with van der Waals surface area (Å²) in [4.78, 5) is 11.2. The molecular formula is C13H17N3O4S. The number of benzene rings is 1. The van der Waals surface area contributed by atoms with Gasteiger partial charge in [-0.2, -0.15) is 13.1 Å². The fourth-order valence-electron chi connectivity index (χ4n) is 2.75. The summed E-state index contributed by atoms with van der Waals surface area (Å²) < 4.78 is 27.1. The van der Waals surface area contributed by atoms with Crippen LogP contribution in [0.25, 0.3) is 0 Å². The van der Waals surface area contributed by atoms with Gasteiger partial charge in [-0.3, -0.25) is 9.10 Å². The Labute approximate surface area is 123 Å². The van der Waals surface area contributed by atoms with Crippen molar-refractivity contribution < 1.29 is 18.3 Å². The molecule has 0 saturated carbocycles. The SMILES string of the molecule is O=C1CC[C@@H](Cc2ccc(N3CCNS3(=O)=O)c(O)c2)N1. The van der Waals surface area contributed by atoms with Crippen molar-refractivity contribution in [3.63, 3.8) is 0 Å². The fourth-order valence-corrected chi connectivity index (χ4v) is 4.00. The van der Waals surface area contributed by atoms with Gasteiger partial charge in [0.15, 0.2) is 0 Å². The average Bonchev–Trinajstić information content (AvgIpc) is 2.96. The zero-order valence-corrected chi connectivity index (χ0v) is 12.2. The van der Waals surface area contributed by atoms with Gasteiger partial charge in [-0.15, -0.1) is 0 Å². The van der Waals surface area contributed by atoms with E-state index in [4.69, 9.17) is 0 Å². The van der Waals surface area contributed by atoms with Crippen LogP contribution in [0.1, 0.15) is 18.4 Å². The van der Waals surface area contributed by atoms with E-state index in [2.05, 4.69) is 10.0 Å². The highest BCUT2D eigenvalue weighted by Crippen LogP contribution is 2.31. The molecule has 0 aromatic heterocycles. The molecule has 1 aromatic rings. The largest absolute Gasteiger partial charge is 0.506 e. The van der Waals surface area contributed by atoms with Crippen molar-refractivity contribution in [3.8, 4) is 5.75 Å². The van der Waals surface area contributed by atoms with E-state index in [0.717, 1.165) is 16.3 Å². The molecule has 0 aliphatic carbocycles. The molecule has 3 rings (SSSR count). The number of carbonyl (C=O) groups is 1. The number of phenols is 1. The van der Waals surface area contributed by atoms with Crippen LogP contribution in [0.15, 0.2) is 18.2 Å². The number of nitrogens with zero attached hydrogens (tertiary/aromatic N) is 1. The molecule has 0 bridgehead atoms. The van der Waals surface area contributed by atoms with Crippen molar-refractivity contribution in [2.75, 3.05) is 17.4 Å². The number of anilines is 1. The van der Waals surface area contributed by atoms with Gasteiger partial charge in [0.25, 0.3) is 0 Å². The predicted octanol–water partition coefficient (Wildman–Crippen LogP) is -0.132. The molecule has 3 N–H and O–H groups in total. The Bertz CT molecular complexity index is 674. The molecule has 1 aromatic carbocycles. The number of carbonyl (C=O) groups excluding carboxylic acids is 1. The Morgan fingerprint density at radius 1 is 1.38 bits per heavy atom. The minimum Gasteiger partial charge on any atom is -0.506 e. The molecule has 21 heavy (non-hydrogen) atoms. The van der Waals surface area contributed by atoms with E-state index in [-0.39, 0.29) is 23.4 Å². The number of hydrogen-bond donors (Lipinski definition) is 3. The Morgan fingerprint density at radius 2 is 2.19 bits per heavy atom. The molecule has 0 radical (unpaired) electrons. The van der Waals surface area contributed by atoms with Crippen LogP contribution < -0.4 is 14.3 Å². The monoisotopic (exact) mass is 311 g/mol. The van der Waals surface area contributed by atoms with Crippen molar-refractivity contribution in [1.82, 2.24) is 10.0 Å². The second kappa shape index (κ2) is 5.19. The highest BCUT2D eigenvalue weighted by molar-refractivity contribution is 7.91. The lowest BCUT2D eigenvalue weighted by molar-refractivity contribution is -0.119. The number of amides is 1. The van der Waals surface area contributed by atoms with Gasteiger partial charge in [0, 0.05) is 25.6 Å². The number of rotatable bonds is 3. The minimum absolute atomic E-state index is 0.0510. The molecule has 0 spiro atoms. The number of hydrogen-bond acceptors (Lipinski definition) is 4. The van der Waals surface area contributed by atoms with Crippen LogP contribution >= 0.6 is 0 Å². The van der Waals surface area contributed by atoms with E-state index in [9.17, 15) is 18.3 Å². The van der Waals surface area contributed by atoms with E-state index in [0.29, 0.717) is 25.9 Å². The summed E-state index contributed by atoms with van der Waals surface area (Å²) in [5.74, 6) is -0.0147. The maximum Gasteiger partial charge on any atom is 0.301 e. The molecule has 0 unspecified atom stereocenters. The van der Waals surface area contributed by atoms with Crippen molar-refractivity contribution in [1.29, 1.82) is 0 Å². The maximum atomic E-state index is 11.8. The van der Waals surface area contributed by atoms with Crippen LogP contribution in [-0.2, 0) is 21.4 Å². The van der Waals surface area contributed by atoms with Crippen molar-refractivity contribution in [3.05, 3.63) is 23.8 Å². The van der Waals surface area contributed by atoms with E-state index < -0.39 is 10.2 Å². The van der Waals surface area contributed by atoms with E-state index in [1.54, 1.807) is 18.2 Å². The summed E-state index contributed by atoms with van der Waals surface area (Å²) in [6.45, 7) is 0.631. The fraction of sp³-hybridized carbons (Fsp3) is 0.462. The Kier molecular flexibility index (Phi) is 3.50. The minimum atomic E-state index is -3.54. The summed E-state index contributed by atoms with van der Waals surface area (Å²) in [6, 6.07) is 5.03. The smallest absolute Gasteiger partial charge is 0.301 e. The second-order valence-electron chi connectivity index (χ2n) is 5.30. The van der Waals surface area contributed by atoms with Crippen LogP contribution in [0.4, 0.5) is 5.69 Å². The summed E-state index contributed by atoms with van der Waals surface area (Å²) in [5.41, 5.74) is 1.15. The molecule has 2 saturated heterocycles. The normalized spacial score (nSPS) is 24.3. The van der Waals surface area contributed by atoms with E-state index in [1.807, 2.05) is 0 Å². The zero-order chi connectivity index (χ0) is 15.0. The molecular weight excluding hydrogens is 294 g/mol. The lowest BCUT2D eigenvalue weighted by Gasteiger charge is -2.18. The number of phenolic OH excluding ortho intramolecular Hbond substituents is 1. The first kappa shape index (κ1) is 14.2. The summed E-state index contributed by atoms with van der Waals surface area (Å²) in [6.07, 6.45) is 1.95. The lowest BCUT2D eigenvalue weighted by Crippen LogP contribution is -2.29. The third-order valence-electron chi connectivity index (χ3n) is 3.77. The highest BCUT2D eigenvalue weighted by atomic mass is 32.2. The van der Waals surface area contributed by atoms with Crippen LogP contribution in [-0.4, -0.2) is 38.6 Å². The highest BCUT2D eigenvalue weighted by Gasteiger charge is 2.30. The van der Waals surface area contributed by atoms with Gasteiger partial charge in [0.2, 0.25) is 5.91 Å². The van der Waals surface area contributed by atoms with Gasteiger partial charge in [0.1, 0.15) is 5.75 Å². The van der Waals surface area contributed by atoms with Crippen molar-refractivity contribution in [2.24, 2.45) is 0 Å². The van der Waals surface area contributed by atoms with Gasteiger partial charge in [0.05, 0.1) is 5.69 Å². The molecule has 2 heterocycles. The zero-order valence-electron chi connectivity index (χ0n) is 11.4. The van der Waals surface area contributed by atoms with Gasteiger partial charge in [-0.1, -0.05) is 6.07 Å². The summed E-state index contributed by atoms with van der Waals surface area (Å²) in [7, 11) is -3.54. The van der Waals surface area contributed by atoms with Crippen molar-refractivity contribution >= 4 is 21.8 Å². The molecule has 7 nitrogen and oxygen atoms in total. The van der Waals surface area contributed by atoms with Crippen LogP contribution in [0.3, 0.4) is 0 Å². The van der Waals surface area contributed by atoms with Gasteiger partial charge < -0.3 is 10.4 Å². The first-order chi connectivity index (χ1) is 9.95. The molecule has 114 valence electrons.